The van der Waals surface area contributed by atoms with Crippen molar-refractivity contribution in [3.8, 4) is 72.7 Å². The second kappa shape index (κ2) is 47.3. The van der Waals surface area contributed by atoms with Gasteiger partial charge in [0.1, 0.15) is 27.8 Å². The molecule has 1 aliphatic heterocycles. The zero-order valence-corrected chi connectivity index (χ0v) is 82.8. The summed E-state index contributed by atoms with van der Waals surface area (Å²) in [5, 5.41) is 30.2. The standard InChI is InChI=1S/C26H22N2O4S4.C23H21NO4S3.C21H19N3O4S3.C14H17NO2S.C11H18OS/c1-14-16(3-8-24(30)31)12-23(34-14)21-7-6-20(35-21)18-4-5-19(26-25(18)27-36-28-26)22-11-17(15(2)33-22)9-10-32-13-29;1-13-15(3-4-21(26)27)9-19(30-13)18-11-24-22(23-17(18)6-8-29-23)20-10-16(14(2)31-20)5-7-28-12-25;1-11-13(3-4-18(26)27)7-16(29-11)15-9-22-20(21-19(15)23-31-24-21)17-8-14(12(2)30-17)5-6-28-10-25;1-10-9-12(11(2)18-10)5-3-4-8-15-13(16)6-7-14(15)17;1-9-8-11(10(2)13-9)6-4-5-7-12-3/h4-7,11-13H,3,8-10H2,1-2H3,(H,30,31);6,8-12H,3-5,7H2,1-2H3,(H,26,27);7-10H,3-6H2,1-2H3,(H,26,27);6-7,9H,3-5,8H2,1-2H3;8H,4-7H2,1-3H3. The highest BCUT2D eigenvalue weighted by molar-refractivity contribution is 7.24. The van der Waals surface area contributed by atoms with E-state index in [2.05, 4.69) is 144 Å². The molecule has 16 rings (SSSR count). The van der Waals surface area contributed by atoms with E-state index in [4.69, 9.17) is 44.2 Å². The van der Waals surface area contributed by atoms with E-state index >= 15 is 0 Å². The van der Waals surface area contributed by atoms with E-state index in [0.717, 1.165) is 179 Å². The van der Waals surface area contributed by atoms with Crippen LogP contribution in [0, 0.1) is 69.2 Å². The van der Waals surface area contributed by atoms with Crippen LogP contribution >= 0.6 is 137 Å². The number of hydrogen-bond donors (Lipinski definition) is 3. The first-order chi connectivity index (χ1) is 62.2. The fourth-order valence-corrected chi connectivity index (χ4v) is 26.4. The van der Waals surface area contributed by atoms with E-state index in [1.54, 1.807) is 97.8 Å². The number of nitrogens with zero attached hydrogens (tertiary/aromatic N) is 7. The number of ether oxygens (including phenoxy) is 4. The minimum absolute atomic E-state index is 0.111. The third kappa shape index (κ3) is 25.9. The summed E-state index contributed by atoms with van der Waals surface area (Å²) in [7, 11) is 1.76. The van der Waals surface area contributed by atoms with E-state index in [0.29, 0.717) is 84.3 Å². The van der Waals surface area contributed by atoms with Gasteiger partial charge in [0.2, 0.25) is 0 Å². The van der Waals surface area contributed by atoms with Crippen molar-refractivity contribution in [3.05, 3.63) is 202 Å². The molecule has 0 fully saturated rings. The van der Waals surface area contributed by atoms with E-state index in [-0.39, 0.29) is 31.1 Å². The van der Waals surface area contributed by atoms with Gasteiger partial charge in [-0.15, -0.1) is 113 Å². The van der Waals surface area contributed by atoms with Crippen molar-refractivity contribution in [1.82, 2.24) is 32.4 Å². The van der Waals surface area contributed by atoms with Gasteiger partial charge in [0.25, 0.3) is 31.2 Å². The molecule has 0 saturated heterocycles. The van der Waals surface area contributed by atoms with Gasteiger partial charge in [0, 0.05) is 189 Å². The number of unbranched alkanes of at least 4 members (excludes halogenated alkanes) is 2. The zero-order chi connectivity index (χ0) is 92.0. The molecule has 0 bridgehead atoms. The summed E-state index contributed by atoms with van der Waals surface area (Å²) in [6.45, 7) is 24.9. The molecule has 0 atom stereocenters. The van der Waals surface area contributed by atoms with Crippen molar-refractivity contribution in [2.24, 2.45) is 0 Å². The molecular weight excluding hydrogens is 1860 g/mol. The summed E-state index contributed by atoms with van der Waals surface area (Å²) in [6.07, 6.45) is 17.0. The van der Waals surface area contributed by atoms with Crippen LogP contribution in [0.1, 0.15) is 138 Å². The third-order valence-corrected chi connectivity index (χ3v) is 33.5. The number of rotatable bonds is 38. The molecule has 1 aliphatic rings. The third-order valence-electron chi connectivity index (χ3n) is 21.5. The Hall–Kier alpha value is -9.92. The van der Waals surface area contributed by atoms with Crippen LogP contribution in [0.15, 0.2) is 109 Å². The number of carbonyl (C=O) groups excluding carboxylic acids is 5. The predicted octanol–water partition coefficient (Wildman–Crippen LogP) is 24.2. The molecule has 15 heterocycles. The van der Waals surface area contributed by atoms with E-state index in [1.807, 2.05) is 61.9 Å². The average molecular weight is 1960 g/mol. The number of aryl methyl sites for hydroxylation is 15. The highest BCUT2D eigenvalue weighted by Crippen LogP contribution is 2.47. The lowest BCUT2D eigenvalue weighted by molar-refractivity contribution is -0.138. The molecule has 0 unspecified atom stereocenters. The lowest BCUT2D eigenvalue weighted by Crippen LogP contribution is -2.30. The number of aliphatic carboxylic acids is 3. The Bertz CT molecular complexity index is 6270. The number of fused-ring (bicyclic) bond motifs is 3. The quantitative estimate of drug-likeness (QED) is 0.0140. The molecule has 0 spiro atoms. The van der Waals surface area contributed by atoms with Crippen LogP contribution < -0.4 is 0 Å². The fraction of sp³-hybridized carbons (Fsp3) is 0.326. The number of hydrogen-bond acceptors (Lipinski definition) is 30. The number of benzene rings is 1. The van der Waals surface area contributed by atoms with Crippen LogP contribution in [0.3, 0.4) is 0 Å². The van der Waals surface area contributed by atoms with Gasteiger partial charge >= 0.3 is 17.9 Å². The number of carboxylic acids is 3. The second-order valence-electron chi connectivity index (χ2n) is 30.4. The molecule has 22 nitrogen and oxygen atoms in total. The Morgan fingerprint density at radius 1 is 0.372 bits per heavy atom. The van der Waals surface area contributed by atoms with E-state index < -0.39 is 17.9 Å². The lowest BCUT2D eigenvalue weighted by Gasteiger charge is -2.12. The number of pyridine rings is 2. The SMILES string of the molecule is COCCCCc1cc(C)sc1C.Cc1cc(CCCCN2C(=O)C=CC2=O)c(C)s1.Cc1sc(-c2ccc(-c3ccc(-c4cc(CCOC=O)c(C)s4)c4nsnc34)s2)cc1CCC(=O)O.Cc1sc(-c2cnc(-c3cc(CCOC=O)c(C)s3)c3nsnc23)cc1CCC(=O)O.Cc1sc(-c2cnc(-c3cc(CCOC=O)c(C)s3)c3sccc23)cc1CCC(=O)O. The summed E-state index contributed by atoms with van der Waals surface area (Å²) >= 11 is 19.6. The maximum absolute atomic E-state index is 11.3. The lowest BCUT2D eigenvalue weighted by atomic mass is 10.0. The molecule has 0 radical (unpaired) electrons. The van der Waals surface area contributed by atoms with Gasteiger partial charge in [-0.25, -0.2) is 0 Å². The second-order valence-corrected chi connectivity index (χ2v) is 43.9. The minimum atomic E-state index is -0.799. The first kappa shape index (κ1) is 98.1. The summed E-state index contributed by atoms with van der Waals surface area (Å²) in [4.78, 5) is 119. The van der Waals surface area contributed by atoms with Gasteiger partial charge in [-0.3, -0.25) is 53.2 Å². The van der Waals surface area contributed by atoms with Crippen molar-refractivity contribution in [3.63, 3.8) is 0 Å². The monoisotopic (exact) mass is 1960 g/mol. The number of amides is 2. The number of thiophene rings is 10. The zero-order valence-electron chi connectivity index (χ0n) is 73.0. The van der Waals surface area contributed by atoms with Gasteiger partial charge < -0.3 is 34.3 Å². The van der Waals surface area contributed by atoms with Crippen LogP contribution in [0.4, 0.5) is 0 Å². The molecule has 15 aromatic rings. The Morgan fingerprint density at radius 3 is 1.21 bits per heavy atom. The normalized spacial score (nSPS) is 11.7. The van der Waals surface area contributed by atoms with Crippen molar-refractivity contribution < 1.29 is 72.6 Å². The molecule has 14 aromatic heterocycles. The van der Waals surface area contributed by atoms with Crippen LogP contribution in [-0.2, 0) is 109 Å². The highest BCUT2D eigenvalue weighted by Gasteiger charge is 2.26. The number of imide groups is 1. The molecule has 34 heteroatoms. The Balaban J connectivity index is 0.000000152. The van der Waals surface area contributed by atoms with Gasteiger partial charge in [-0.2, -0.15) is 17.5 Å². The molecule has 1 aromatic carbocycles. The first-order valence-corrected chi connectivity index (χ1v) is 51.3. The minimum Gasteiger partial charge on any atom is -0.481 e. The van der Waals surface area contributed by atoms with E-state index in [9.17, 15) is 38.4 Å². The highest BCUT2D eigenvalue weighted by atomic mass is 32.1. The molecule has 0 aliphatic carbocycles. The van der Waals surface area contributed by atoms with Crippen LogP contribution in [-0.4, -0.2) is 137 Å². The largest absolute Gasteiger partial charge is 0.481 e. The summed E-state index contributed by atoms with van der Waals surface area (Å²) < 4.78 is 39.0. The van der Waals surface area contributed by atoms with Crippen LogP contribution in [0.2, 0.25) is 0 Å². The Morgan fingerprint density at radius 2 is 0.744 bits per heavy atom. The van der Waals surface area contributed by atoms with Crippen LogP contribution in [0.25, 0.3) is 105 Å². The molecule has 674 valence electrons. The van der Waals surface area contributed by atoms with Crippen molar-refractivity contribution in [2.75, 3.05) is 40.1 Å². The number of methoxy groups -OCH3 is 1. The number of aromatic nitrogens is 6. The molecule has 3 N–H and O–H groups in total. The molecule has 0 saturated carbocycles. The molecular formula is C95H97N7O15S12. The first-order valence-electron chi connectivity index (χ1n) is 41.6. The van der Waals surface area contributed by atoms with Crippen molar-refractivity contribution in [1.29, 1.82) is 0 Å². The van der Waals surface area contributed by atoms with Crippen molar-refractivity contribution in [2.45, 2.75) is 166 Å². The Labute approximate surface area is 796 Å². The van der Waals surface area contributed by atoms with Crippen molar-refractivity contribution >= 4 is 218 Å². The van der Waals surface area contributed by atoms with Gasteiger partial charge in [-0.05, 0) is 244 Å². The topological polar surface area (TPSA) is 315 Å². The van der Waals surface area contributed by atoms with E-state index in [1.165, 1.54) is 104 Å². The Kier molecular flexibility index (Phi) is 35.9. The maximum atomic E-state index is 11.3. The van der Waals surface area contributed by atoms with Gasteiger partial charge in [-0.1, -0.05) is 12.1 Å². The fourth-order valence-electron chi connectivity index (χ4n) is 14.7. The average Bonchev–Trinajstić information content (AvgIpc) is 1.63. The van der Waals surface area contributed by atoms with Crippen LogP contribution in [0.5, 0.6) is 0 Å². The summed E-state index contributed by atoms with van der Waals surface area (Å²) in [6, 6.07) is 27.8. The predicted molar refractivity (Wildman–Crippen MR) is 530 cm³/mol. The van der Waals surface area contributed by atoms with Gasteiger partial charge in [0.05, 0.1) is 63.4 Å². The smallest absolute Gasteiger partial charge is 0.303 e. The summed E-state index contributed by atoms with van der Waals surface area (Å²) in [5.74, 6) is -2.70. The summed E-state index contributed by atoms with van der Waals surface area (Å²) in [5.41, 5.74) is 18.9. The van der Waals surface area contributed by atoms with Gasteiger partial charge in [0.15, 0.2) is 0 Å². The number of carbonyl (C=O) groups is 8. The molecule has 129 heavy (non-hydrogen) atoms. The maximum Gasteiger partial charge on any atom is 0.303 e. The number of carboxylic acid groups (broad SMARTS) is 3. The molecule has 2 amide bonds.